The van der Waals surface area contributed by atoms with E-state index in [0.29, 0.717) is 0 Å². The van der Waals surface area contributed by atoms with Crippen molar-refractivity contribution >= 4 is 5.84 Å². The summed E-state index contributed by atoms with van der Waals surface area (Å²) in [7, 11) is 0. The normalized spacial score (nSPS) is 21.8. The van der Waals surface area contributed by atoms with Crippen LogP contribution >= 0.6 is 0 Å². The van der Waals surface area contributed by atoms with Gasteiger partial charge in [-0.25, -0.2) is 4.99 Å². The van der Waals surface area contributed by atoms with Crippen LogP contribution < -0.4 is 0 Å². The third-order valence-electron chi connectivity index (χ3n) is 3.32. The van der Waals surface area contributed by atoms with Crippen LogP contribution in [0.4, 0.5) is 0 Å². The number of amidine groups is 1. The number of rotatable bonds is 0. The van der Waals surface area contributed by atoms with Crippen molar-refractivity contribution in [2.75, 3.05) is 13.1 Å². The summed E-state index contributed by atoms with van der Waals surface area (Å²) in [4.78, 5) is 7.00. The highest BCUT2D eigenvalue weighted by Gasteiger charge is 2.19. The zero-order valence-electron chi connectivity index (χ0n) is 10.7. The van der Waals surface area contributed by atoms with Gasteiger partial charge in [-0.05, 0) is 29.9 Å². The SMILES string of the molecule is CC(C)(C)C1=CCC(N2CCCC2)=NC=C1. The Kier molecular flexibility index (Phi) is 3.17. The second kappa shape index (κ2) is 4.44. The van der Waals surface area contributed by atoms with Gasteiger partial charge in [-0.3, -0.25) is 0 Å². The molecule has 2 nitrogen and oxygen atoms in total. The van der Waals surface area contributed by atoms with Gasteiger partial charge in [0.1, 0.15) is 5.84 Å². The fourth-order valence-electron chi connectivity index (χ4n) is 2.27. The second-order valence-corrected chi connectivity index (χ2v) is 5.67. The van der Waals surface area contributed by atoms with Crippen molar-refractivity contribution in [1.29, 1.82) is 0 Å². The molecule has 1 fully saturated rings. The molecule has 1 saturated heterocycles. The van der Waals surface area contributed by atoms with E-state index in [-0.39, 0.29) is 5.41 Å². The van der Waals surface area contributed by atoms with Crippen LogP contribution in [0, 0.1) is 5.41 Å². The summed E-state index contributed by atoms with van der Waals surface area (Å²) in [5, 5.41) is 0. The minimum atomic E-state index is 0.229. The third kappa shape index (κ3) is 2.55. The Morgan fingerprint density at radius 2 is 1.88 bits per heavy atom. The molecule has 0 saturated carbocycles. The average Bonchev–Trinajstić information content (AvgIpc) is 2.60. The number of likely N-dealkylation sites (tertiary alicyclic amines) is 1. The second-order valence-electron chi connectivity index (χ2n) is 5.67. The first-order chi connectivity index (χ1) is 7.57. The Morgan fingerprint density at radius 1 is 1.19 bits per heavy atom. The molecule has 2 heteroatoms. The maximum absolute atomic E-state index is 4.58. The quantitative estimate of drug-likeness (QED) is 0.608. The molecule has 0 bridgehead atoms. The predicted molar refractivity (Wildman–Crippen MR) is 69.5 cm³/mol. The summed E-state index contributed by atoms with van der Waals surface area (Å²) < 4.78 is 0. The fraction of sp³-hybridized carbons (Fsp3) is 0.643. The first kappa shape index (κ1) is 11.4. The molecule has 2 aliphatic rings. The molecule has 0 N–H and O–H groups in total. The van der Waals surface area contributed by atoms with E-state index in [9.17, 15) is 0 Å². The van der Waals surface area contributed by atoms with Crippen LogP contribution in [0.15, 0.2) is 28.9 Å². The Labute approximate surface area is 98.7 Å². The van der Waals surface area contributed by atoms with Crippen LogP contribution in [-0.2, 0) is 0 Å². The Hall–Kier alpha value is -1.05. The zero-order valence-corrected chi connectivity index (χ0v) is 10.7. The molecule has 0 amide bonds. The van der Waals surface area contributed by atoms with Crippen LogP contribution in [0.1, 0.15) is 40.0 Å². The molecule has 0 aromatic heterocycles. The minimum Gasteiger partial charge on any atom is -0.360 e. The topological polar surface area (TPSA) is 15.6 Å². The highest BCUT2D eigenvalue weighted by Crippen LogP contribution is 2.28. The van der Waals surface area contributed by atoms with Crippen LogP contribution in [0.5, 0.6) is 0 Å². The summed E-state index contributed by atoms with van der Waals surface area (Å²) in [5.74, 6) is 1.24. The first-order valence-corrected chi connectivity index (χ1v) is 6.26. The molecular formula is C14H22N2. The van der Waals surface area contributed by atoms with Crippen LogP contribution in [0.2, 0.25) is 0 Å². The molecule has 0 aliphatic carbocycles. The number of aliphatic imine (C=N–C) groups is 1. The summed E-state index contributed by atoms with van der Waals surface area (Å²) >= 11 is 0. The first-order valence-electron chi connectivity index (χ1n) is 6.26. The summed E-state index contributed by atoms with van der Waals surface area (Å²) in [6.07, 6.45) is 10.1. The number of allylic oxidation sites excluding steroid dienone is 2. The van der Waals surface area contributed by atoms with Gasteiger partial charge in [0.25, 0.3) is 0 Å². The van der Waals surface area contributed by atoms with Crippen molar-refractivity contribution in [3.63, 3.8) is 0 Å². The highest BCUT2D eigenvalue weighted by molar-refractivity contribution is 5.85. The van der Waals surface area contributed by atoms with E-state index < -0.39 is 0 Å². The standard InChI is InChI=1S/C14H22N2/c1-14(2,3)12-6-7-13(15-9-8-12)16-10-4-5-11-16/h6,8-9H,4-5,7,10-11H2,1-3H3. The summed E-state index contributed by atoms with van der Waals surface area (Å²) in [5.41, 5.74) is 1.62. The monoisotopic (exact) mass is 218 g/mol. The molecular weight excluding hydrogens is 196 g/mol. The molecule has 0 radical (unpaired) electrons. The molecule has 0 spiro atoms. The maximum atomic E-state index is 4.58. The largest absolute Gasteiger partial charge is 0.360 e. The summed E-state index contributed by atoms with van der Waals surface area (Å²) in [6.45, 7) is 9.13. The maximum Gasteiger partial charge on any atom is 0.108 e. The van der Waals surface area contributed by atoms with Gasteiger partial charge in [0, 0.05) is 25.7 Å². The van der Waals surface area contributed by atoms with E-state index in [1.807, 2.05) is 6.20 Å². The minimum absolute atomic E-state index is 0.229. The van der Waals surface area contributed by atoms with E-state index in [1.54, 1.807) is 0 Å². The van der Waals surface area contributed by atoms with Gasteiger partial charge in [-0.1, -0.05) is 26.8 Å². The summed E-state index contributed by atoms with van der Waals surface area (Å²) in [6, 6.07) is 0. The predicted octanol–water partition coefficient (Wildman–Crippen LogP) is 3.37. The smallest absolute Gasteiger partial charge is 0.108 e. The lowest BCUT2D eigenvalue weighted by Gasteiger charge is -2.20. The lowest BCUT2D eigenvalue weighted by molar-refractivity contribution is 0.507. The highest BCUT2D eigenvalue weighted by atomic mass is 15.2. The number of hydrogen-bond acceptors (Lipinski definition) is 2. The van der Waals surface area contributed by atoms with E-state index in [0.717, 1.165) is 6.42 Å². The van der Waals surface area contributed by atoms with E-state index in [2.05, 4.69) is 42.8 Å². The van der Waals surface area contributed by atoms with Crippen molar-refractivity contribution in [2.24, 2.45) is 10.4 Å². The van der Waals surface area contributed by atoms with Crippen LogP contribution in [-0.4, -0.2) is 23.8 Å². The van der Waals surface area contributed by atoms with Crippen LogP contribution in [0.25, 0.3) is 0 Å². The van der Waals surface area contributed by atoms with E-state index in [1.165, 1.54) is 37.3 Å². The molecule has 0 aromatic carbocycles. The Morgan fingerprint density at radius 3 is 2.50 bits per heavy atom. The van der Waals surface area contributed by atoms with Gasteiger partial charge in [0.2, 0.25) is 0 Å². The van der Waals surface area contributed by atoms with Crippen molar-refractivity contribution < 1.29 is 0 Å². The van der Waals surface area contributed by atoms with E-state index >= 15 is 0 Å². The van der Waals surface area contributed by atoms with Crippen LogP contribution in [0.3, 0.4) is 0 Å². The van der Waals surface area contributed by atoms with E-state index in [4.69, 9.17) is 0 Å². The Balaban J connectivity index is 2.09. The van der Waals surface area contributed by atoms with Gasteiger partial charge >= 0.3 is 0 Å². The number of nitrogens with zero attached hydrogens (tertiary/aromatic N) is 2. The molecule has 0 atom stereocenters. The average molecular weight is 218 g/mol. The van der Waals surface area contributed by atoms with Gasteiger partial charge < -0.3 is 4.90 Å². The lowest BCUT2D eigenvalue weighted by Crippen LogP contribution is -2.27. The lowest BCUT2D eigenvalue weighted by atomic mass is 9.86. The van der Waals surface area contributed by atoms with Crippen molar-refractivity contribution in [3.05, 3.63) is 23.9 Å². The third-order valence-corrected chi connectivity index (χ3v) is 3.32. The molecule has 0 aromatic rings. The van der Waals surface area contributed by atoms with Gasteiger partial charge in [-0.15, -0.1) is 0 Å². The van der Waals surface area contributed by atoms with Crippen molar-refractivity contribution in [2.45, 2.75) is 40.0 Å². The van der Waals surface area contributed by atoms with Gasteiger partial charge in [0.15, 0.2) is 0 Å². The molecule has 2 rings (SSSR count). The molecule has 0 unspecified atom stereocenters. The van der Waals surface area contributed by atoms with Crippen molar-refractivity contribution in [3.8, 4) is 0 Å². The molecule has 88 valence electrons. The number of hydrogen-bond donors (Lipinski definition) is 0. The fourth-order valence-corrected chi connectivity index (χ4v) is 2.27. The zero-order chi connectivity index (χ0) is 11.6. The Bertz CT molecular complexity index is 336. The van der Waals surface area contributed by atoms with Gasteiger partial charge in [0.05, 0.1) is 0 Å². The molecule has 2 aliphatic heterocycles. The van der Waals surface area contributed by atoms with Crippen molar-refractivity contribution in [1.82, 2.24) is 4.90 Å². The van der Waals surface area contributed by atoms with Gasteiger partial charge in [-0.2, -0.15) is 0 Å². The molecule has 16 heavy (non-hydrogen) atoms. The molecule has 2 heterocycles.